The first-order valence-electron chi connectivity index (χ1n) is 9.15. The molecular weight excluding hydrogens is 314 g/mol. The molecule has 0 fully saturated rings. The van der Waals surface area contributed by atoms with Crippen molar-refractivity contribution in [2.24, 2.45) is 0 Å². The second-order valence-electron chi connectivity index (χ2n) is 7.06. The van der Waals surface area contributed by atoms with Crippen LogP contribution in [0.3, 0.4) is 0 Å². The van der Waals surface area contributed by atoms with Gasteiger partial charge in [-0.15, -0.1) is 0 Å². The van der Waals surface area contributed by atoms with Gasteiger partial charge < -0.3 is 10.2 Å². The number of nitrogens with zero attached hydrogens (tertiary/aromatic N) is 2. The highest BCUT2D eigenvalue weighted by Gasteiger charge is 2.23. The summed E-state index contributed by atoms with van der Waals surface area (Å²) >= 11 is 0. The van der Waals surface area contributed by atoms with Crippen molar-refractivity contribution in [1.29, 1.82) is 0 Å². The van der Waals surface area contributed by atoms with Crippen LogP contribution in [0, 0.1) is 6.92 Å². The number of carbonyl (C=O) groups excluding carboxylic acids is 2. The lowest BCUT2D eigenvalue weighted by Crippen LogP contribution is -2.48. The maximum Gasteiger partial charge on any atom is 0.238 e. The Morgan fingerprint density at radius 1 is 1.04 bits per heavy atom. The van der Waals surface area contributed by atoms with E-state index in [0.717, 1.165) is 24.2 Å². The maximum absolute atomic E-state index is 12.7. The van der Waals surface area contributed by atoms with E-state index in [9.17, 15) is 9.59 Å². The van der Waals surface area contributed by atoms with Crippen molar-refractivity contribution < 1.29 is 9.59 Å². The zero-order valence-electron chi connectivity index (χ0n) is 16.5. The number of rotatable bonds is 9. The molecule has 0 aliphatic heterocycles. The molecule has 0 atom stereocenters. The summed E-state index contributed by atoms with van der Waals surface area (Å²) in [5.74, 6) is -0.0154. The number of carbonyl (C=O) groups is 2. The molecule has 0 heterocycles. The van der Waals surface area contributed by atoms with E-state index in [-0.39, 0.29) is 37.0 Å². The zero-order chi connectivity index (χ0) is 19.0. The Labute approximate surface area is 152 Å². The molecule has 1 aromatic carbocycles. The molecule has 0 radical (unpaired) electrons. The monoisotopic (exact) mass is 347 g/mol. The highest BCUT2D eigenvalue weighted by atomic mass is 16.2. The van der Waals surface area contributed by atoms with Gasteiger partial charge in [0.2, 0.25) is 11.8 Å². The third-order valence-electron chi connectivity index (χ3n) is 4.09. The van der Waals surface area contributed by atoms with Gasteiger partial charge in [0, 0.05) is 17.8 Å². The van der Waals surface area contributed by atoms with Crippen molar-refractivity contribution in [3.05, 3.63) is 29.8 Å². The first-order chi connectivity index (χ1) is 11.8. The van der Waals surface area contributed by atoms with Crippen LogP contribution in [-0.4, -0.2) is 53.3 Å². The fourth-order valence-corrected chi connectivity index (χ4v) is 3.08. The molecule has 0 saturated heterocycles. The number of hydrogen-bond acceptors (Lipinski definition) is 3. The fraction of sp³-hybridized carbons (Fsp3) is 0.600. The molecule has 0 aromatic heterocycles. The summed E-state index contributed by atoms with van der Waals surface area (Å²) in [6.45, 7) is 13.3. The van der Waals surface area contributed by atoms with Gasteiger partial charge in [0.1, 0.15) is 0 Å². The molecular formula is C20H33N3O2. The Kier molecular flexibility index (Phi) is 8.62. The lowest BCUT2D eigenvalue weighted by molar-refractivity contribution is -0.136. The van der Waals surface area contributed by atoms with Crippen LogP contribution in [0.5, 0.6) is 0 Å². The smallest absolute Gasteiger partial charge is 0.238 e. The number of para-hydroxylation sites is 1. The van der Waals surface area contributed by atoms with Crippen molar-refractivity contribution in [3.8, 4) is 0 Å². The molecule has 0 bridgehead atoms. The van der Waals surface area contributed by atoms with Crippen molar-refractivity contribution >= 4 is 17.5 Å². The topological polar surface area (TPSA) is 52.7 Å². The van der Waals surface area contributed by atoms with Gasteiger partial charge in [0.25, 0.3) is 0 Å². The first kappa shape index (κ1) is 21.2. The third-order valence-corrected chi connectivity index (χ3v) is 4.09. The summed E-state index contributed by atoms with van der Waals surface area (Å²) in [7, 11) is 0. The van der Waals surface area contributed by atoms with Crippen molar-refractivity contribution in [2.45, 2.75) is 60.0 Å². The number of benzene rings is 1. The van der Waals surface area contributed by atoms with E-state index in [1.54, 1.807) is 0 Å². The molecule has 0 spiro atoms. The number of nitrogens with one attached hydrogen (secondary N) is 1. The average molecular weight is 348 g/mol. The van der Waals surface area contributed by atoms with E-state index >= 15 is 0 Å². The molecule has 5 nitrogen and oxygen atoms in total. The second kappa shape index (κ2) is 10.2. The van der Waals surface area contributed by atoms with Crippen LogP contribution in [0.1, 0.15) is 46.6 Å². The fourth-order valence-electron chi connectivity index (χ4n) is 3.08. The predicted octanol–water partition coefficient (Wildman–Crippen LogP) is 3.29. The molecule has 140 valence electrons. The van der Waals surface area contributed by atoms with Crippen LogP contribution in [0.25, 0.3) is 0 Å². The molecule has 0 unspecified atom stereocenters. The van der Waals surface area contributed by atoms with Gasteiger partial charge in [-0.05, 0) is 59.2 Å². The van der Waals surface area contributed by atoms with Crippen molar-refractivity contribution in [3.63, 3.8) is 0 Å². The molecule has 0 aliphatic rings. The first-order valence-corrected chi connectivity index (χ1v) is 9.15. The third kappa shape index (κ3) is 6.86. The Bertz CT molecular complexity index is 562. The Hall–Kier alpha value is -1.88. The highest BCUT2D eigenvalue weighted by molar-refractivity contribution is 5.93. The Morgan fingerprint density at radius 3 is 2.16 bits per heavy atom. The van der Waals surface area contributed by atoms with E-state index in [2.05, 4.69) is 12.2 Å². The standard InChI is InChI=1S/C20H33N3O2/c1-7-12-22(14-20(25)23(15(2)3)16(4)5)13-19(24)21-18-11-9-8-10-17(18)6/h8-11,15-16H,7,12-14H2,1-6H3,(H,21,24). The van der Waals surface area contributed by atoms with Crippen LogP contribution in [0.15, 0.2) is 24.3 Å². The number of anilines is 1. The number of aryl methyl sites for hydroxylation is 1. The molecule has 2 amide bonds. The number of amides is 2. The molecule has 25 heavy (non-hydrogen) atoms. The van der Waals surface area contributed by atoms with E-state index in [4.69, 9.17) is 0 Å². The largest absolute Gasteiger partial charge is 0.337 e. The minimum absolute atomic E-state index is 0.0714. The predicted molar refractivity (Wildman–Crippen MR) is 104 cm³/mol. The van der Waals surface area contributed by atoms with Crippen LogP contribution < -0.4 is 5.32 Å². The zero-order valence-corrected chi connectivity index (χ0v) is 16.5. The summed E-state index contributed by atoms with van der Waals surface area (Å²) in [4.78, 5) is 28.9. The van der Waals surface area contributed by atoms with Gasteiger partial charge in [-0.1, -0.05) is 25.1 Å². The van der Waals surface area contributed by atoms with Crippen molar-refractivity contribution in [2.75, 3.05) is 25.0 Å². The summed E-state index contributed by atoms with van der Waals surface area (Å²) < 4.78 is 0. The quantitative estimate of drug-likeness (QED) is 0.746. The molecule has 5 heteroatoms. The van der Waals surface area contributed by atoms with Crippen molar-refractivity contribution in [1.82, 2.24) is 9.80 Å². The van der Waals surface area contributed by atoms with Gasteiger partial charge in [0.05, 0.1) is 13.1 Å². The summed E-state index contributed by atoms with van der Waals surface area (Å²) in [5, 5.41) is 2.94. The SMILES string of the molecule is CCCN(CC(=O)Nc1ccccc1C)CC(=O)N(C(C)C)C(C)C. The number of hydrogen-bond donors (Lipinski definition) is 1. The second-order valence-corrected chi connectivity index (χ2v) is 7.06. The van der Waals surface area contributed by atoms with Gasteiger partial charge in [0.15, 0.2) is 0 Å². The van der Waals surface area contributed by atoms with Crippen LogP contribution in [0.4, 0.5) is 5.69 Å². The molecule has 1 aromatic rings. The summed E-state index contributed by atoms with van der Waals surface area (Å²) in [5.41, 5.74) is 1.85. The van der Waals surface area contributed by atoms with Gasteiger partial charge in [-0.2, -0.15) is 0 Å². The van der Waals surface area contributed by atoms with Gasteiger partial charge in [-0.25, -0.2) is 0 Å². The van der Waals surface area contributed by atoms with Gasteiger partial charge >= 0.3 is 0 Å². The molecule has 0 aliphatic carbocycles. The molecule has 0 saturated carbocycles. The van der Waals surface area contributed by atoms with Crippen LogP contribution >= 0.6 is 0 Å². The Balaban J connectivity index is 2.71. The molecule has 1 rings (SSSR count). The lowest BCUT2D eigenvalue weighted by atomic mass is 10.2. The highest BCUT2D eigenvalue weighted by Crippen LogP contribution is 2.13. The normalized spacial score (nSPS) is 11.2. The van der Waals surface area contributed by atoms with E-state index < -0.39 is 0 Å². The van der Waals surface area contributed by atoms with E-state index in [0.29, 0.717) is 0 Å². The van der Waals surface area contributed by atoms with E-state index in [1.807, 2.05) is 68.7 Å². The summed E-state index contributed by atoms with van der Waals surface area (Å²) in [6.07, 6.45) is 0.897. The minimum atomic E-state index is -0.0869. The van der Waals surface area contributed by atoms with Crippen LogP contribution in [0.2, 0.25) is 0 Å². The molecule has 1 N–H and O–H groups in total. The maximum atomic E-state index is 12.7. The van der Waals surface area contributed by atoms with E-state index in [1.165, 1.54) is 0 Å². The van der Waals surface area contributed by atoms with Crippen LogP contribution in [-0.2, 0) is 9.59 Å². The lowest BCUT2D eigenvalue weighted by Gasteiger charge is -2.33. The minimum Gasteiger partial charge on any atom is -0.337 e. The average Bonchev–Trinajstić information content (AvgIpc) is 2.48. The van der Waals surface area contributed by atoms with Gasteiger partial charge in [-0.3, -0.25) is 14.5 Å². The Morgan fingerprint density at radius 2 is 1.64 bits per heavy atom. The summed E-state index contributed by atoms with van der Waals surface area (Å²) in [6, 6.07) is 8.00.